The number of hydrogen-bond donors (Lipinski definition) is 2. The molecule has 0 radical (unpaired) electrons. The molecule has 0 bridgehead atoms. The number of ether oxygens (including phenoxy) is 2. The third-order valence-electron chi connectivity index (χ3n) is 5.15. The first kappa shape index (κ1) is 17.8. The van der Waals surface area contributed by atoms with Crippen molar-refractivity contribution in [3.63, 3.8) is 0 Å². The molecule has 8 nitrogen and oxygen atoms in total. The molecule has 1 aliphatic heterocycles. The Morgan fingerprint density at radius 1 is 1.30 bits per heavy atom. The summed E-state index contributed by atoms with van der Waals surface area (Å²) >= 11 is 0. The lowest BCUT2D eigenvalue weighted by atomic mass is 9.93. The zero-order valence-corrected chi connectivity index (χ0v) is 15.3. The third-order valence-corrected chi connectivity index (χ3v) is 5.15. The Bertz CT molecular complexity index is 931. The highest BCUT2D eigenvalue weighted by atomic mass is 16.7. The molecule has 4 atom stereocenters. The van der Waals surface area contributed by atoms with E-state index in [9.17, 15) is 5.11 Å². The highest BCUT2D eigenvalue weighted by molar-refractivity contribution is 5.59. The normalized spacial score (nSPS) is 28.0. The van der Waals surface area contributed by atoms with Crippen LogP contribution in [-0.4, -0.2) is 36.9 Å². The minimum Gasteiger partial charge on any atom is -0.381 e. The van der Waals surface area contributed by atoms with Gasteiger partial charge in [0.25, 0.3) is 0 Å². The molecule has 0 saturated carbocycles. The van der Waals surface area contributed by atoms with E-state index in [0.717, 1.165) is 12.0 Å². The van der Waals surface area contributed by atoms with E-state index in [1.54, 1.807) is 0 Å². The van der Waals surface area contributed by atoms with Crippen LogP contribution in [0.2, 0.25) is 0 Å². The van der Waals surface area contributed by atoms with E-state index in [2.05, 4.69) is 15.1 Å². The molecule has 3 heterocycles. The van der Waals surface area contributed by atoms with Crippen molar-refractivity contribution >= 4 is 11.5 Å². The summed E-state index contributed by atoms with van der Waals surface area (Å²) in [5, 5.41) is 15.7. The number of aliphatic hydroxyl groups is 1. The predicted molar refractivity (Wildman–Crippen MR) is 98.4 cm³/mol. The van der Waals surface area contributed by atoms with Crippen molar-refractivity contribution < 1.29 is 14.6 Å². The lowest BCUT2D eigenvalue weighted by Crippen LogP contribution is -2.41. The van der Waals surface area contributed by atoms with Crippen molar-refractivity contribution in [3.05, 3.63) is 54.1 Å². The Labute approximate surface area is 157 Å². The molecule has 0 spiro atoms. The molecular weight excluding hydrogens is 346 g/mol. The van der Waals surface area contributed by atoms with Crippen LogP contribution in [0.1, 0.15) is 31.5 Å². The second-order valence-corrected chi connectivity index (χ2v) is 6.86. The minimum atomic E-state index is -1.69. The second-order valence-electron chi connectivity index (χ2n) is 6.86. The number of fused-ring (bicyclic) bond motifs is 1. The van der Waals surface area contributed by atoms with Crippen LogP contribution in [0.3, 0.4) is 0 Å². The van der Waals surface area contributed by atoms with Gasteiger partial charge >= 0.3 is 0 Å². The highest BCUT2D eigenvalue weighted by Crippen LogP contribution is 2.44. The monoisotopic (exact) mass is 369 g/mol. The number of imidazole rings is 1. The van der Waals surface area contributed by atoms with Crippen LogP contribution in [-0.2, 0) is 21.9 Å². The summed E-state index contributed by atoms with van der Waals surface area (Å²) < 4.78 is 13.7. The first-order chi connectivity index (χ1) is 13.0. The van der Waals surface area contributed by atoms with Crippen LogP contribution in [0, 0.1) is 5.92 Å². The fraction of sp³-hybridized carbons (Fsp3) is 0.421. The third kappa shape index (κ3) is 2.95. The van der Waals surface area contributed by atoms with Gasteiger partial charge < -0.3 is 20.3 Å². The predicted octanol–water partition coefficient (Wildman–Crippen LogP) is 1.88. The van der Waals surface area contributed by atoms with E-state index < -0.39 is 11.9 Å². The number of nitrogens with two attached hydrogens (primary N) is 1. The maximum atomic E-state index is 11.5. The van der Waals surface area contributed by atoms with E-state index in [-0.39, 0.29) is 17.8 Å². The maximum Gasteiger partial charge on any atom is 0.239 e. The first-order valence-corrected chi connectivity index (χ1v) is 9.05. The first-order valence-electron chi connectivity index (χ1n) is 9.05. The van der Waals surface area contributed by atoms with Crippen LogP contribution in [0.25, 0.3) is 5.65 Å². The van der Waals surface area contributed by atoms with Gasteiger partial charge in [0.15, 0.2) is 11.5 Å². The molecule has 3 N–H and O–H groups in total. The summed E-state index contributed by atoms with van der Waals surface area (Å²) in [4.78, 5) is 8.19. The van der Waals surface area contributed by atoms with Gasteiger partial charge in [-0.2, -0.15) is 5.10 Å². The minimum absolute atomic E-state index is 0.0200. The smallest absolute Gasteiger partial charge is 0.239 e. The number of hydrogen-bond acceptors (Lipinski definition) is 7. The molecule has 0 aliphatic carbocycles. The highest BCUT2D eigenvalue weighted by Gasteiger charge is 2.55. The Balaban J connectivity index is 1.71. The molecule has 2 aromatic heterocycles. The van der Waals surface area contributed by atoms with Gasteiger partial charge in [-0.3, -0.25) is 0 Å². The van der Waals surface area contributed by atoms with Gasteiger partial charge in [-0.15, -0.1) is 0 Å². The van der Waals surface area contributed by atoms with Crippen LogP contribution in [0.15, 0.2) is 42.9 Å². The zero-order chi connectivity index (χ0) is 19.0. The molecule has 0 amide bonds. The molecule has 8 heteroatoms. The van der Waals surface area contributed by atoms with Crippen molar-refractivity contribution in [2.24, 2.45) is 5.92 Å². The number of rotatable bonds is 5. The zero-order valence-electron chi connectivity index (χ0n) is 15.3. The lowest BCUT2D eigenvalue weighted by molar-refractivity contribution is -0.251. The van der Waals surface area contributed by atoms with Gasteiger partial charge in [0, 0.05) is 5.92 Å². The van der Waals surface area contributed by atoms with E-state index in [1.165, 1.54) is 17.0 Å². The molecule has 1 fully saturated rings. The molecule has 1 aromatic carbocycles. The molecule has 4 rings (SSSR count). The van der Waals surface area contributed by atoms with Gasteiger partial charge in [-0.05, 0) is 12.0 Å². The summed E-state index contributed by atoms with van der Waals surface area (Å²) in [6, 6.07) is 9.84. The van der Waals surface area contributed by atoms with E-state index in [4.69, 9.17) is 15.2 Å². The fourth-order valence-electron chi connectivity index (χ4n) is 3.72. The van der Waals surface area contributed by atoms with Crippen molar-refractivity contribution in [2.45, 2.75) is 44.9 Å². The quantitative estimate of drug-likeness (QED) is 0.707. The summed E-state index contributed by atoms with van der Waals surface area (Å²) in [6.45, 7) is 4.41. The molecule has 27 heavy (non-hydrogen) atoms. The van der Waals surface area contributed by atoms with Crippen molar-refractivity contribution in [1.82, 2.24) is 19.6 Å². The van der Waals surface area contributed by atoms with Gasteiger partial charge in [-0.1, -0.05) is 44.2 Å². The lowest BCUT2D eigenvalue weighted by Gasteiger charge is -2.29. The van der Waals surface area contributed by atoms with Gasteiger partial charge in [0.2, 0.25) is 5.79 Å². The van der Waals surface area contributed by atoms with Crippen LogP contribution >= 0.6 is 0 Å². The Kier molecular flexibility index (Phi) is 4.55. The number of aromatic nitrogens is 4. The maximum absolute atomic E-state index is 11.5. The average Bonchev–Trinajstić information content (AvgIpc) is 3.22. The van der Waals surface area contributed by atoms with Crippen molar-refractivity contribution in [1.29, 1.82) is 0 Å². The molecular formula is C19H23N5O3. The van der Waals surface area contributed by atoms with Crippen LogP contribution in [0.5, 0.6) is 0 Å². The molecule has 1 aliphatic rings. The van der Waals surface area contributed by atoms with Crippen LogP contribution < -0.4 is 5.73 Å². The largest absolute Gasteiger partial charge is 0.381 e. The van der Waals surface area contributed by atoms with E-state index >= 15 is 0 Å². The van der Waals surface area contributed by atoms with Gasteiger partial charge in [0.1, 0.15) is 18.1 Å². The van der Waals surface area contributed by atoms with Gasteiger partial charge in [0.05, 0.1) is 18.9 Å². The number of nitrogen functional groups attached to an aromatic ring is 1. The standard InChI is InChI=1S/C19H23N5O3/c1-3-14-12(2)16(26-10-13-7-5-4-6-8-13)19(25,27-14)15-9-21-18-17(20)22-11-23-24(15)18/h4-9,11-12,14,16,25H,3,10H2,1-2H3,(H2,20,22,23)/t12?,14-,16+,19+/m1/s1. The topological polar surface area (TPSA) is 108 Å². The summed E-state index contributed by atoms with van der Waals surface area (Å²) in [5.41, 5.74) is 7.65. The second kappa shape index (κ2) is 6.88. The molecule has 1 saturated heterocycles. The van der Waals surface area contributed by atoms with Gasteiger partial charge in [-0.25, -0.2) is 14.5 Å². The number of benzene rings is 1. The SMILES string of the molecule is CC[C@H]1O[C@@](O)(c2cnc3c(N)ncnn23)[C@@H](OCc2ccccc2)C1C. The average molecular weight is 369 g/mol. The summed E-state index contributed by atoms with van der Waals surface area (Å²) in [5.74, 6) is -1.47. The van der Waals surface area contributed by atoms with Crippen molar-refractivity contribution in [2.75, 3.05) is 5.73 Å². The summed E-state index contributed by atoms with van der Waals surface area (Å²) in [7, 11) is 0. The number of anilines is 1. The van der Waals surface area contributed by atoms with E-state index in [0.29, 0.717) is 17.9 Å². The molecule has 142 valence electrons. The molecule has 3 aromatic rings. The number of nitrogens with zero attached hydrogens (tertiary/aromatic N) is 4. The van der Waals surface area contributed by atoms with E-state index in [1.807, 2.05) is 44.2 Å². The molecule has 1 unspecified atom stereocenters. The Hall–Kier alpha value is -2.55. The van der Waals surface area contributed by atoms with Crippen molar-refractivity contribution in [3.8, 4) is 0 Å². The van der Waals surface area contributed by atoms with Crippen LogP contribution in [0.4, 0.5) is 5.82 Å². The Morgan fingerprint density at radius 2 is 2.07 bits per heavy atom. The fourth-order valence-corrected chi connectivity index (χ4v) is 3.72. The Morgan fingerprint density at radius 3 is 2.81 bits per heavy atom. The summed E-state index contributed by atoms with van der Waals surface area (Å²) in [6.07, 6.45) is 2.86.